The van der Waals surface area contributed by atoms with Crippen molar-refractivity contribution in [2.24, 2.45) is 0 Å². The summed E-state index contributed by atoms with van der Waals surface area (Å²) in [5.74, 6) is -0.554. The van der Waals surface area contributed by atoms with Crippen molar-refractivity contribution in [3.05, 3.63) is 42.5 Å². The fourth-order valence-electron chi connectivity index (χ4n) is 2.99. The van der Waals surface area contributed by atoms with Gasteiger partial charge in [0.05, 0.1) is 13.2 Å². The highest BCUT2D eigenvalue weighted by Crippen LogP contribution is 2.33. The SMILES string of the molecule is COc1ccc(NC(=O)C(=O)Nc2cccc(O)c2)cc1OC1CCCC1. The Morgan fingerprint density at radius 2 is 1.63 bits per heavy atom. The highest BCUT2D eigenvalue weighted by molar-refractivity contribution is 6.43. The van der Waals surface area contributed by atoms with Gasteiger partial charge in [0, 0.05) is 23.5 Å². The van der Waals surface area contributed by atoms with E-state index >= 15 is 0 Å². The number of amides is 2. The molecule has 0 aromatic heterocycles. The monoisotopic (exact) mass is 370 g/mol. The van der Waals surface area contributed by atoms with Crippen LogP contribution in [0, 0.1) is 0 Å². The number of anilines is 2. The van der Waals surface area contributed by atoms with Crippen molar-refractivity contribution >= 4 is 23.2 Å². The molecule has 0 atom stereocenters. The number of benzene rings is 2. The smallest absolute Gasteiger partial charge is 0.314 e. The van der Waals surface area contributed by atoms with Gasteiger partial charge in [-0.15, -0.1) is 0 Å². The van der Waals surface area contributed by atoms with Crippen LogP contribution in [0.2, 0.25) is 0 Å². The van der Waals surface area contributed by atoms with Crippen LogP contribution in [-0.4, -0.2) is 30.1 Å². The van der Waals surface area contributed by atoms with E-state index in [1.54, 1.807) is 37.4 Å². The Morgan fingerprint density at radius 3 is 2.26 bits per heavy atom. The Balaban J connectivity index is 1.66. The molecule has 0 spiro atoms. The van der Waals surface area contributed by atoms with Crippen LogP contribution in [0.15, 0.2) is 42.5 Å². The zero-order valence-electron chi connectivity index (χ0n) is 15.0. The summed E-state index contributed by atoms with van der Waals surface area (Å²) < 4.78 is 11.3. The van der Waals surface area contributed by atoms with Gasteiger partial charge >= 0.3 is 11.8 Å². The zero-order chi connectivity index (χ0) is 19.2. The molecule has 0 bridgehead atoms. The van der Waals surface area contributed by atoms with Gasteiger partial charge in [0.1, 0.15) is 5.75 Å². The summed E-state index contributed by atoms with van der Waals surface area (Å²) in [6.45, 7) is 0. The van der Waals surface area contributed by atoms with Crippen LogP contribution in [0.3, 0.4) is 0 Å². The number of methoxy groups -OCH3 is 1. The standard InChI is InChI=1S/C20H22N2O5/c1-26-17-10-9-14(12-18(17)27-16-7-2-3-8-16)22-20(25)19(24)21-13-5-4-6-15(23)11-13/h4-6,9-12,16,23H,2-3,7-8H2,1H3,(H,21,24)(H,22,25). The molecule has 0 radical (unpaired) electrons. The molecule has 0 unspecified atom stereocenters. The first kappa shape index (κ1) is 18.6. The minimum atomic E-state index is -0.838. The van der Waals surface area contributed by atoms with Crippen molar-refractivity contribution in [3.63, 3.8) is 0 Å². The van der Waals surface area contributed by atoms with E-state index < -0.39 is 11.8 Å². The van der Waals surface area contributed by atoms with Gasteiger partial charge in [-0.25, -0.2) is 0 Å². The van der Waals surface area contributed by atoms with Crippen LogP contribution in [-0.2, 0) is 9.59 Å². The number of hydrogen-bond donors (Lipinski definition) is 3. The highest BCUT2D eigenvalue weighted by Gasteiger charge is 2.20. The molecule has 142 valence electrons. The molecule has 2 aromatic carbocycles. The number of nitrogens with one attached hydrogen (secondary N) is 2. The third-order valence-electron chi connectivity index (χ3n) is 4.33. The van der Waals surface area contributed by atoms with E-state index in [4.69, 9.17) is 9.47 Å². The molecule has 3 N–H and O–H groups in total. The maximum absolute atomic E-state index is 12.2. The fraction of sp³-hybridized carbons (Fsp3) is 0.300. The maximum atomic E-state index is 12.2. The van der Waals surface area contributed by atoms with Crippen LogP contribution < -0.4 is 20.1 Å². The van der Waals surface area contributed by atoms with E-state index in [0.29, 0.717) is 22.9 Å². The summed E-state index contributed by atoms with van der Waals surface area (Å²) in [5.41, 5.74) is 0.759. The van der Waals surface area contributed by atoms with Crippen molar-refractivity contribution in [2.75, 3.05) is 17.7 Å². The first-order chi connectivity index (χ1) is 13.0. The largest absolute Gasteiger partial charge is 0.508 e. The predicted molar refractivity (Wildman–Crippen MR) is 101 cm³/mol. The third kappa shape index (κ3) is 4.91. The van der Waals surface area contributed by atoms with Gasteiger partial charge in [-0.3, -0.25) is 9.59 Å². The van der Waals surface area contributed by atoms with Crippen LogP contribution in [0.25, 0.3) is 0 Å². The van der Waals surface area contributed by atoms with E-state index in [1.165, 1.54) is 12.1 Å². The van der Waals surface area contributed by atoms with Gasteiger partial charge in [0.15, 0.2) is 11.5 Å². The van der Waals surface area contributed by atoms with Gasteiger partial charge in [-0.1, -0.05) is 6.07 Å². The molecular formula is C20H22N2O5. The lowest BCUT2D eigenvalue weighted by molar-refractivity contribution is -0.133. The van der Waals surface area contributed by atoms with Crippen molar-refractivity contribution < 1.29 is 24.2 Å². The van der Waals surface area contributed by atoms with E-state index in [1.807, 2.05) is 0 Å². The second kappa shape index (κ2) is 8.44. The molecule has 0 aliphatic heterocycles. The lowest BCUT2D eigenvalue weighted by Gasteiger charge is -2.17. The van der Waals surface area contributed by atoms with Gasteiger partial charge in [-0.05, 0) is 49.9 Å². The van der Waals surface area contributed by atoms with Crippen LogP contribution >= 0.6 is 0 Å². The third-order valence-corrected chi connectivity index (χ3v) is 4.33. The second-order valence-electron chi connectivity index (χ2n) is 6.35. The number of rotatable bonds is 5. The lowest BCUT2D eigenvalue weighted by atomic mass is 10.2. The van der Waals surface area contributed by atoms with E-state index in [-0.39, 0.29) is 11.9 Å². The summed E-state index contributed by atoms with van der Waals surface area (Å²) in [4.78, 5) is 24.2. The molecule has 3 rings (SSSR count). The molecule has 7 nitrogen and oxygen atoms in total. The maximum Gasteiger partial charge on any atom is 0.314 e. The zero-order valence-corrected chi connectivity index (χ0v) is 15.0. The summed E-state index contributed by atoms with van der Waals surface area (Å²) in [7, 11) is 1.55. The predicted octanol–water partition coefficient (Wildman–Crippen LogP) is 3.30. The van der Waals surface area contributed by atoms with E-state index in [2.05, 4.69) is 10.6 Å². The topological polar surface area (TPSA) is 96.9 Å². The normalized spacial score (nSPS) is 13.8. The first-order valence-corrected chi connectivity index (χ1v) is 8.81. The summed E-state index contributed by atoms with van der Waals surface area (Å²) >= 11 is 0. The number of ether oxygens (including phenoxy) is 2. The number of carbonyl (C=O) groups excluding carboxylic acids is 2. The average molecular weight is 370 g/mol. The number of hydrogen-bond acceptors (Lipinski definition) is 5. The molecule has 0 saturated heterocycles. The minimum Gasteiger partial charge on any atom is -0.508 e. The van der Waals surface area contributed by atoms with Gasteiger partial charge in [0.25, 0.3) is 0 Å². The van der Waals surface area contributed by atoms with Crippen molar-refractivity contribution in [3.8, 4) is 17.2 Å². The molecular weight excluding hydrogens is 348 g/mol. The van der Waals surface area contributed by atoms with Crippen molar-refractivity contribution in [1.29, 1.82) is 0 Å². The Morgan fingerprint density at radius 1 is 0.963 bits per heavy atom. The van der Waals surface area contributed by atoms with Crippen molar-refractivity contribution in [1.82, 2.24) is 0 Å². The molecule has 0 heterocycles. The molecule has 1 saturated carbocycles. The molecule has 7 heteroatoms. The van der Waals surface area contributed by atoms with E-state index in [9.17, 15) is 14.7 Å². The average Bonchev–Trinajstić information content (AvgIpc) is 3.15. The van der Waals surface area contributed by atoms with Crippen LogP contribution in [0.5, 0.6) is 17.2 Å². The summed E-state index contributed by atoms with van der Waals surface area (Å²) in [6.07, 6.45) is 4.40. The van der Waals surface area contributed by atoms with Gasteiger partial charge in [0.2, 0.25) is 0 Å². The van der Waals surface area contributed by atoms with Crippen LogP contribution in [0.1, 0.15) is 25.7 Å². The number of aromatic hydroxyl groups is 1. The molecule has 1 aliphatic carbocycles. The van der Waals surface area contributed by atoms with Crippen molar-refractivity contribution in [2.45, 2.75) is 31.8 Å². The van der Waals surface area contributed by atoms with E-state index in [0.717, 1.165) is 25.7 Å². The van der Waals surface area contributed by atoms with Gasteiger partial charge < -0.3 is 25.2 Å². The molecule has 2 amide bonds. The number of phenols is 1. The quantitative estimate of drug-likeness (QED) is 0.702. The highest BCUT2D eigenvalue weighted by atomic mass is 16.5. The summed E-state index contributed by atoms with van der Waals surface area (Å²) in [5, 5.41) is 14.4. The van der Waals surface area contributed by atoms with Gasteiger partial charge in [-0.2, -0.15) is 0 Å². The number of phenolic OH excluding ortho intramolecular Hbond substituents is 1. The molecule has 1 aliphatic rings. The Kier molecular flexibility index (Phi) is 5.80. The second-order valence-corrected chi connectivity index (χ2v) is 6.35. The Hall–Kier alpha value is -3.22. The Labute approximate surface area is 157 Å². The Bertz CT molecular complexity index is 831. The first-order valence-electron chi connectivity index (χ1n) is 8.81. The molecule has 27 heavy (non-hydrogen) atoms. The minimum absolute atomic E-state index is 0.00272. The summed E-state index contributed by atoms with van der Waals surface area (Å²) in [6, 6.07) is 10.9. The van der Waals surface area contributed by atoms with Crippen LogP contribution in [0.4, 0.5) is 11.4 Å². The molecule has 1 fully saturated rings. The molecule has 2 aromatic rings. The number of carbonyl (C=O) groups is 2. The lowest BCUT2D eigenvalue weighted by Crippen LogP contribution is -2.29. The fourth-order valence-corrected chi connectivity index (χ4v) is 2.99.